The van der Waals surface area contributed by atoms with Crippen LogP contribution in [0.15, 0.2) is 28.8 Å². The number of hydrogen-bond acceptors (Lipinski definition) is 4. The van der Waals surface area contributed by atoms with Gasteiger partial charge in [0.05, 0.1) is 0 Å². The van der Waals surface area contributed by atoms with Crippen LogP contribution in [0, 0.1) is 12.8 Å². The summed E-state index contributed by atoms with van der Waals surface area (Å²) in [4.78, 5) is 16.2. The number of aryl methyl sites for hydroxylation is 1. The molecule has 1 aliphatic carbocycles. The SMILES string of the molecule is Cc1ccc(-c2noc(CC3CCCCC3=O)n2)cc1. The molecule has 1 aromatic carbocycles. The van der Waals surface area contributed by atoms with E-state index in [-0.39, 0.29) is 5.92 Å². The highest BCUT2D eigenvalue weighted by Gasteiger charge is 2.24. The third-order valence-corrected chi connectivity index (χ3v) is 3.88. The van der Waals surface area contributed by atoms with E-state index in [0.717, 1.165) is 24.8 Å². The number of nitrogens with zero attached hydrogens (tertiary/aromatic N) is 2. The Kier molecular flexibility index (Phi) is 3.63. The molecule has 4 heteroatoms. The maximum absolute atomic E-state index is 11.8. The third-order valence-electron chi connectivity index (χ3n) is 3.88. The second-order valence-electron chi connectivity index (χ2n) is 5.49. The molecular formula is C16H18N2O2. The first kappa shape index (κ1) is 13.0. The van der Waals surface area contributed by atoms with Gasteiger partial charge < -0.3 is 4.52 Å². The fourth-order valence-electron chi connectivity index (χ4n) is 2.64. The van der Waals surface area contributed by atoms with Crippen LogP contribution in [0.2, 0.25) is 0 Å². The molecule has 1 saturated carbocycles. The lowest BCUT2D eigenvalue weighted by molar-refractivity contribution is -0.124. The molecule has 0 saturated heterocycles. The minimum absolute atomic E-state index is 0.0649. The molecule has 2 aromatic rings. The summed E-state index contributed by atoms with van der Waals surface area (Å²) in [7, 11) is 0. The Morgan fingerprint density at radius 1 is 1.25 bits per heavy atom. The molecule has 1 fully saturated rings. The Morgan fingerprint density at radius 2 is 2.05 bits per heavy atom. The second-order valence-corrected chi connectivity index (χ2v) is 5.49. The van der Waals surface area contributed by atoms with E-state index < -0.39 is 0 Å². The Labute approximate surface area is 118 Å². The summed E-state index contributed by atoms with van der Waals surface area (Å²) in [6, 6.07) is 8.01. The number of benzene rings is 1. The molecule has 1 aliphatic rings. The second kappa shape index (κ2) is 5.57. The molecule has 0 bridgehead atoms. The van der Waals surface area contributed by atoms with E-state index in [1.165, 1.54) is 5.56 Å². The summed E-state index contributed by atoms with van der Waals surface area (Å²) in [6.07, 6.45) is 4.37. The predicted molar refractivity (Wildman–Crippen MR) is 75.1 cm³/mol. The van der Waals surface area contributed by atoms with Crippen LogP contribution < -0.4 is 0 Å². The van der Waals surface area contributed by atoms with E-state index >= 15 is 0 Å². The fourth-order valence-corrected chi connectivity index (χ4v) is 2.64. The lowest BCUT2D eigenvalue weighted by Gasteiger charge is -2.18. The van der Waals surface area contributed by atoms with E-state index in [4.69, 9.17) is 4.52 Å². The number of carbonyl (C=O) groups excluding carboxylic acids is 1. The highest BCUT2D eigenvalue weighted by molar-refractivity contribution is 5.81. The minimum Gasteiger partial charge on any atom is -0.339 e. The van der Waals surface area contributed by atoms with Crippen molar-refractivity contribution in [3.63, 3.8) is 0 Å². The lowest BCUT2D eigenvalue weighted by Crippen LogP contribution is -2.21. The van der Waals surface area contributed by atoms with Crippen molar-refractivity contribution in [3.05, 3.63) is 35.7 Å². The van der Waals surface area contributed by atoms with Crippen molar-refractivity contribution in [1.82, 2.24) is 10.1 Å². The molecule has 20 heavy (non-hydrogen) atoms. The molecule has 1 aromatic heterocycles. The lowest BCUT2D eigenvalue weighted by atomic mass is 9.86. The van der Waals surface area contributed by atoms with Gasteiger partial charge in [0.15, 0.2) is 0 Å². The summed E-state index contributed by atoms with van der Waals surface area (Å²) < 4.78 is 5.29. The first-order chi connectivity index (χ1) is 9.72. The van der Waals surface area contributed by atoms with E-state index in [1.807, 2.05) is 31.2 Å². The van der Waals surface area contributed by atoms with Crippen LogP contribution in [0.3, 0.4) is 0 Å². The van der Waals surface area contributed by atoms with Crippen molar-refractivity contribution in [1.29, 1.82) is 0 Å². The molecule has 3 rings (SSSR count). The highest BCUT2D eigenvalue weighted by atomic mass is 16.5. The molecule has 0 N–H and O–H groups in total. The van der Waals surface area contributed by atoms with Crippen molar-refractivity contribution < 1.29 is 9.32 Å². The number of ketones is 1. The van der Waals surface area contributed by atoms with Crippen LogP contribution in [0.5, 0.6) is 0 Å². The molecule has 0 aliphatic heterocycles. The summed E-state index contributed by atoms with van der Waals surface area (Å²) in [6.45, 7) is 2.04. The summed E-state index contributed by atoms with van der Waals surface area (Å²) in [5, 5.41) is 4.01. The zero-order chi connectivity index (χ0) is 13.9. The van der Waals surface area contributed by atoms with Crippen molar-refractivity contribution in [2.45, 2.75) is 39.0 Å². The predicted octanol–water partition coefficient (Wildman–Crippen LogP) is 3.35. The van der Waals surface area contributed by atoms with Gasteiger partial charge in [-0.2, -0.15) is 4.98 Å². The van der Waals surface area contributed by atoms with Gasteiger partial charge in [-0.1, -0.05) is 41.4 Å². The molecular weight excluding hydrogens is 252 g/mol. The van der Waals surface area contributed by atoms with Gasteiger partial charge in [0.1, 0.15) is 5.78 Å². The van der Waals surface area contributed by atoms with Crippen LogP contribution in [-0.4, -0.2) is 15.9 Å². The van der Waals surface area contributed by atoms with Gasteiger partial charge in [0.2, 0.25) is 11.7 Å². The monoisotopic (exact) mass is 270 g/mol. The molecule has 1 heterocycles. The van der Waals surface area contributed by atoms with Crippen molar-refractivity contribution in [3.8, 4) is 11.4 Å². The van der Waals surface area contributed by atoms with Crippen LogP contribution in [-0.2, 0) is 11.2 Å². The zero-order valence-corrected chi connectivity index (χ0v) is 11.6. The van der Waals surface area contributed by atoms with Gasteiger partial charge in [-0.3, -0.25) is 4.79 Å². The Morgan fingerprint density at radius 3 is 2.80 bits per heavy atom. The third kappa shape index (κ3) is 2.79. The smallest absolute Gasteiger partial charge is 0.227 e. The average Bonchev–Trinajstić information content (AvgIpc) is 2.91. The fraction of sp³-hybridized carbons (Fsp3) is 0.438. The maximum Gasteiger partial charge on any atom is 0.227 e. The van der Waals surface area contributed by atoms with Gasteiger partial charge in [0, 0.05) is 24.3 Å². The van der Waals surface area contributed by atoms with E-state index in [2.05, 4.69) is 10.1 Å². The van der Waals surface area contributed by atoms with Crippen LogP contribution in [0.4, 0.5) is 0 Å². The first-order valence-electron chi connectivity index (χ1n) is 7.15. The van der Waals surface area contributed by atoms with E-state index in [9.17, 15) is 4.79 Å². The largest absolute Gasteiger partial charge is 0.339 e. The molecule has 0 amide bonds. The van der Waals surface area contributed by atoms with E-state index in [0.29, 0.717) is 30.3 Å². The van der Waals surface area contributed by atoms with Crippen molar-refractivity contribution in [2.75, 3.05) is 0 Å². The van der Waals surface area contributed by atoms with E-state index in [1.54, 1.807) is 0 Å². The maximum atomic E-state index is 11.8. The van der Waals surface area contributed by atoms with Gasteiger partial charge >= 0.3 is 0 Å². The molecule has 1 unspecified atom stereocenters. The average molecular weight is 270 g/mol. The standard InChI is InChI=1S/C16H18N2O2/c1-11-6-8-12(9-7-11)16-17-15(20-18-16)10-13-4-2-3-5-14(13)19/h6-9,13H,2-5,10H2,1H3. The van der Waals surface area contributed by atoms with Crippen molar-refractivity contribution >= 4 is 5.78 Å². The number of carbonyl (C=O) groups is 1. The van der Waals surface area contributed by atoms with Gasteiger partial charge in [-0.25, -0.2) is 0 Å². The number of Topliss-reactive ketones (excluding diaryl/α,β-unsaturated/α-hetero) is 1. The quantitative estimate of drug-likeness (QED) is 0.858. The Hall–Kier alpha value is -1.97. The molecule has 0 radical (unpaired) electrons. The minimum atomic E-state index is 0.0649. The zero-order valence-electron chi connectivity index (χ0n) is 11.6. The molecule has 4 nitrogen and oxygen atoms in total. The van der Waals surface area contributed by atoms with Crippen LogP contribution >= 0.6 is 0 Å². The molecule has 1 atom stereocenters. The molecule has 0 spiro atoms. The molecule has 104 valence electrons. The van der Waals surface area contributed by atoms with Gasteiger partial charge in [-0.15, -0.1) is 0 Å². The normalized spacial score (nSPS) is 19.2. The highest BCUT2D eigenvalue weighted by Crippen LogP contribution is 2.24. The van der Waals surface area contributed by atoms with Gasteiger partial charge in [0.25, 0.3) is 0 Å². The van der Waals surface area contributed by atoms with Crippen molar-refractivity contribution in [2.24, 2.45) is 5.92 Å². The van der Waals surface area contributed by atoms with Crippen LogP contribution in [0.25, 0.3) is 11.4 Å². The number of hydrogen-bond donors (Lipinski definition) is 0. The summed E-state index contributed by atoms with van der Waals surface area (Å²) in [5.41, 5.74) is 2.14. The number of aromatic nitrogens is 2. The Bertz CT molecular complexity index is 601. The topological polar surface area (TPSA) is 56.0 Å². The van der Waals surface area contributed by atoms with Crippen LogP contribution in [0.1, 0.15) is 37.1 Å². The summed E-state index contributed by atoms with van der Waals surface area (Å²) >= 11 is 0. The Balaban J connectivity index is 1.73. The first-order valence-corrected chi connectivity index (χ1v) is 7.15. The van der Waals surface area contributed by atoms with Gasteiger partial charge in [-0.05, 0) is 19.8 Å². The summed E-state index contributed by atoms with van der Waals surface area (Å²) in [5.74, 6) is 1.57. The number of rotatable bonds is 3.